The summed E-state index contributed by atoms with van der Waals surface area (Å²) in [7, 11) is 0. The molecule has 0 radical (unpaired) electrons. The number of benzene rings is 1. The van der Waals surface area contributed by atoms with Gasteiger partial charge in [-0.05, 0) is 30.7 Å². The molecule has 2 aromatic heterocycles. The van der Waals surface area contributed by atoms with Crippen LogP contribution in [-0.4, -0.2) is 9.97 Å². The zero-order valence-electron chi connectivity index (χ0n) is 10.1. The van der Waals surface area contributed by atoms with Crippen LogP contribution in [-0.2, 0) is 0 Å². The highest BCUT2D eigenvalue weighted by Gasteiger charge is 2.12. The van der Waals surface area contributed by atoms with Crippen LogP contribution in [0, 0.1) is 6.92 Å². The van der Waals surface area contributed by atoms with Gasteiger partial charge in [-0.25, -0.2) is 9.97 Å². The van der Waals surface area contributed by atoms with E-state index < -0.39 is 0 Å². The molecule has 0 unspecified atom stereocenters. The average Bonchev–Trinajstić information content (AvgIpc) is 2.78. The molecule has 2 heterocycles. The molecule has 0 saturated carbocycles. The Bertz CT molecular complexity index is 758. The topological polar surface area (TPSA) is 91.0 Å². The number of pyridine rings is 1. The van der Waals surface area contributed by atoms with E-state index in [1.165, 1.54) is 6.20 Å². The summed E-state index contributed by atoms with van der Waals surface area (Å²) in [6.07, 6.45) is 1.51. The number of anilines is 2. The number of halogens is 1. The number of aromatic nitrogens is 2. The van der Waals surface area contributed by atoms with E-state index in [1.54, 1.807) is 18.2 Å². The molecule has 0 bridgehead atoms. The maximum atomic E-state index is 5.89. The van der Waals surface area contributed by atoms with Gasteiger partial charge in [-0.15, -0.1) is 0 Å². The van der Waals surface area contributed by atoms with Gasteiger partial charge in [0.05, 0.1) is 5.02 Å². The lowest BCUT2D eigenvalue weighted by Crippen LogP contribution is -1.96. The standard InChI is InChI=1S/C13H11ClN4O/c1-6-9(15)2-7(3-10(6)16)12-18-11-4-8(14)5-17-13(11)19-12/h2-5H,15-16H2,1H3. The van der Waals surface area contributed by atoms with Gasteiger partial charge >= 0.3 is 0 Å². The van der Waals surface area contributed by atoms with Gasteiger partial charge < -0.3 is 15.9 Å². The molecule has 5 nitrogen and oxygen atoms in total. The highest BCUT2D eigenvalue weighted by atomic mass is 35.5. The number of nitrogens with zero attached hydrogens (tertiary/aromatic N) is 2. The number of oxazole rings is 1. The van der Waals surface area contributed by atoms with Crippen LogP contribution in [0.25, 0.3) is 22.7 Å². The third-order valence-electron chi connectivity index (χ3n) is 2.95. The predicted octanol–water partition coefficient (Wildman–Crippen LogP) is 3.02. The Kier molecular flexibility index (Phi) is 2.57. The fourth-order valence-electron chi connectivity index (χ4n) is 1.81. The highest BCUT2D eigenvalue weighted by Crippen LogP contribution is 2.30. The first-order chi connectivity index (χ1) is 9.04. The lowest BCUT2D eigenvalue weighted by molar-refractivity contribution is 0.608. The third kappa shape index (κ3) is 1.98. The van der Waals surface area contributed by atoms with Crippen molar-refractivity contribution in [2.45, 2.75) is 6.92 Å². The van der Waals surface area contributed by atoms with Crippen molar-refractivity contribution in [3.05, 3.63) is 35.0 Å². The third-order valence-corrected chi connectivity index (χ3v) is 3.16. The molecule has 0 atom stereocenters. The smallest absolute Gasteiger partial charge is 0.247 e. The number of nitrogen functional groups attached to an aromatic ring is 2. The Morgan fingerprint density at radius 3 is 2.53 bits per heavy atom. The first kappa shape index (κ1) is 11.8. The zero-order chi connectivity index (χ0) is 13.6. The van der Waals surface area contributed by atoms with Gasteiger partial charge in [0.2, 0.25) is 11.6 Å². The van der Waals surface area contributed by atoms with Crippen LogP contribution in [0.15, 0.2) is 28.8 Å². The molecule has 6 heteroatoms. The molecule has 0 aliphatic rings. The van der Waals surface area contributed by atoms with Gasteiger partial charge in [-0.2, -0.15) is 0 Å². The Morgan fingerprint density at radius 2 is 1.84 bits per heavy atom. The second kappa shape index (κ2) is 4.13. The maximum Gasteiger partial charge on any atom is 0.247 e. The minimum Gasteiger partial charge on any atom is -0.418 e. The Morgan fingerprint density at radius 1 is 1.16 bits per heavy atom. The number of fused-ring (bicyclic) bond motifs is 1. The van der Waals surface area contributed by atoms with Crippen molar-refractivity contribution in [2.75, 3.05) is 11.5 Å². The molecule has 0 fully saturated rings. The summed E-state index contributed by atoms with van der Waals surface area (Å²) in [5, 5.41) is 0.510. The fraction of sp³-hybridized carbons (Fsp3) is 0.0769. The molecular weight excluding hydrogens is 264 g/mol. The summed E-state index contributed by atoms with van der Waals surface area (Å²) in [5.74, 6) is 0.420. The summed E-state index contributed by atoms with van der Waals surface area (Å²) >= 11 is 5.86. The van der Waals surface area contributed by atoms with Gasteiger partial charge in [0.25, 0.3) is 0 Å². The van der Waals surface area contributed by atoms with Gasteiger partial charge in [-0.1, -0.05) is 11.6 Å². The minimum atomic E-state index is 0.420. The van der Waals surface area contributed by atoms with Crippen molar-refractivity contribution in [1.82, 2.24) is 9.97 Å². The first-order valence-electron chi connectivity index (χ1n) is 5.62. The molecule has 19 heavy (non-hydrogen) atoms. The molecule has 3 aromatic rings. The quantitative estimate of drug-likeness (QED) is 0.666. The van der Waals surface area contributed by atoms with Gasteiger partial charge in [-0.3, -0.25) is 0 Å². The van der Waals surface area contributed by atoms with E-state index in [2.05, 4.69) is 9.97 Å². The molecule has 3 rings (SSSR count). The molecular formula is C13H11ClN4O. The molecule has 1 aromatic carbocycles. The summed E-state index contributed by atoms with van der Waals surface area (Å²) < 4.78 is 5.57. The van der Waals surface area contributed by atoms with E-state index in [0.29, 0.717) is 33.5 Å². The number of hydrogen-bond acceptors (Lipinski definition) is 5. The van der Waals surface area contributed by atoms with Gasteiger partial charge in [0.1, 0.15) is 5.52 Å². The first-order valence-corrected chi connectivity index (χ1v) is 6.00. The van der Waals surface area contributed by atoms with E-state index in [4.69, 9.17) is 27.5 Å². The van der Waals surface area contributed by atoms with Crippen LogP contribution in [0.5, 0.6) is 0 Å². The molecule has 4 N–H and O–H groups in total. The number of nitrogens with two attached hydrogens (primary N) is 2. The summed E-state index contributed by atoms with van der Waals surface area (Å²) in [6.45, 7) is 1.86. The number of hydrogen-bond donors (Lipinski definition) is 2. The van der Waals surface area contributed by atoms with E-state index in [-0.39, 0.29) is 0 Å². The predicted molar refractivity (Wildman–Crippen MR) is 75.8 cm³/mol. The van der Waals surface area contributed by atoms with E-state index in [9.17, 15) is 0 Å². The van der Waals surface area contributed by atoms with Crippen molar-refractivity contribution in [2.24, 2.45) is 0 Å². The largest absolute Gasteiger partial charge is 0.418 e. The van der Waals surface area contributed by atoms with E-state index in [0.717, 1.165) is 11.1 Å². The van der Waals surface area contributed by atoms with Crippen LogP contribution >= 0.6 is 11.6 Å². The van der Waals surface area contributed by atoms with Crippen molar-refractivity contribution >= 4 is 34.2 Å². The van der Waals surface area contributed by atoms with Crippen LogP contribution in [0.3, 0.4) is 0 Å². The summed E-state index contributed by atoms with van der Waals surface area (Å²) in [4.78, 5) is 8.40. The Hall–Kier alpha value is -2.27. The second-order valence-corrected chi connectivity index (χ2v) is 4.71. The zero-order valence-corrected chi connectivity index (χ0v) is 10.9. The van der Waals surface area contributed by atoms with Crippen molar-refractivity contribution in [1.29, 1.82) is 0 Å². The molecule has 0 spiro atoms. The lowest BCUT2D eigenvalue weighted by atomic mass is 10.1. The van der Waals surface area contributed by atoms with E-state index >= 15 is 0 Å². The average molecular weight is 275 g/mol. The van der Waals surface area contributed by atoms with Crippen molar-refractivity contribution in [3.63, 3.8) is 0 Å². The lowest BCUT2D eigenvalue weighted by Gasteiger charge is -2.05. The van der Waals surface area contributed by atoms with E-state index in [1.807, 2.05) is 6.92 Å². The van der Waals surface area contributed by atoms with Crippen LogP contribution in [0.2, 0.25) is 5.02 Å². The number of rotatable bonds is 1. The fourth-order valence-corrected chi connectivity index (χ4v) is 1.96. The summed E-state index contributed by atoms with van der Waals surface area (Å²) in [6, 6.07) is 5.24. The summed E-state index contributed by atoms with van der Waals surface area (Å²) in [5.41, 5.74) is 15.6. The van der Waals surface area contributed by atoms with Gasteiger partial charge in [0, 0.05) is 23.1 Å². The molecule has 0 aliphatic carbocycles. The van der Waals surface area contributed by atoms with Crippen LogP contribution in [0.1, 0.15) is 5.56 Å². The SMILES string of the molecule is Cc1c(N)cc(-c2nc3cc(Cl)cnc3o2)cc1N. The molecule has 0 saturated heterocycles. The monoisotopic (exact) mass is 274 g/mol. The maximum absolute atomic E-state index is 5.89. The van der Waals surface area contributed by atoms with Crippen molar-refractivity contribution in [3.8, 4) is 11.5 Å². The second-order valence-electron chi connectivity index (χ2n) is 4.28. The van der Waals surface area contributed by atoms with Crippen molar-refractivity contribution < 1.29 is 4.42 Å². The Labute approximate surface area is 114 Å². The van der Waals surface area contributed by atoms with Crippen LogP contribution in [0.4, 0.5) is 11.4 Å². The highest BCUT2D eigenvalue weighted by molar-refractivity contribution is 6.30. The molecule has 96 valence electrons. The Balaban J connectivity index is 2.19. The van der Waals surface area contributed by atoms with Crippen LogP contribution < -0.4 is 11.5 Å². The minimum absolute atomic E-state index is 0.420. The molecule has 0 amide bonds. The molecule has 0 aliphatic heterocycles. The normalized spacial score (nSPS) is 11.1. The van der Waals surface area contributed by atoms with Gasteiger partial charge in [0.15, 0.2) is 0 Å².